The summed E-state index contributed by atoms with van der Waals surface area (Å²) >= 11 is 0. The fraction of sp³-hybridized carbons (Fsp3) is 0.545. The van der Waals surface area contributed by atoms with Gasteiger partial charge in [0.2, 0.25) is 0 Å². The summed E-state index contributed by atoms with van der Waals surface area (Å²) in [6.07, 6.45) is 5.28. The molecule has 1 aliphatic heterocycles. The molecule has 1 N–H and O–H groups in total. The second-order valence-electron chi connectivity index (χ2n) is 3.81. The van der Waals surface area contributed by atoms with Gasteiger partial charge < -0.3 is 10.1 Å². The monoisotopic (exact) mass is 218 g/mol. The van der Waals surface area contributed by atoms with Gasteiger partial charge in [-0.1, -0.05) is 0 Å². The molecule has 1 aromatic rings. The van der Waals surface area contributed by atoms with Gasteiger partial charge in [-0.05, 0) is 18.8 Å². The quantitative estimate of drug-likeness (QED) is 0.821. The van der Waals surface area contributed by atoms with Crippen LogP contribution in [0.15, 0.2) is 12.4 Å². The number of rotatable bonds is 4. The van der Waals surface area contributed by atoms with E-state index in [0.717, 1.165) is 32.6 Å². The van der Waals surface area contributed by atoms with Gasteiger partial charge >= 0.3 is 0 Å². The molecule has 0 amide bonds. The first-order valence-corrected chi connectivity index (χ1v) is 5.43. The van der Waals surface area contributed by atoms with Crippen LogP contribution in [0.3, 0.4) is 0 Å². The fourth-order valence-electron chi connectivity index (χ4n) is 1.75. The number of ether oxygens (including phenoxy) is 1. The smallest absolute Gasteiger partial charge is 0.182 e. The maximum absolute atomic E-state index is 8.82. The van der Waals surface area contributed by atoms with E-state index in [1.54, 1.807) is 6.20 Å². The highest BCUT2D eigenvalue weighted by atomic mass is 16.5. The van der Waals surface area contributed by atoms with Crippen LogP contribution >= 0.6 is 0 Å². The Morgan fingerprint density at radius 1 is 1.50 bits per heavy atom. The molecule has 2 heterocycles. The zero-order chi connectivity index (χ0) is 11.2. The summed E-state index contributed by atoms with van der Waals surface area (Å²) in [4.78, 5) is 8.02. The van der Waals surface area contributed by atoms with Crippen LogP contribution in [0.4, 0.5) is 5.82 Å². The molecule has 1 saturated heterocycles. The van der Waals surface area contributed by atoms with E-state index in [9.17, 15) is 0 Å². The molecule has 0 aliphatic carbocycles. The highest BCUT2D eigenvalue weighted by molar-refractivity contribution is 5.46. The van der Waals surface area contributed by atoms with Gasteiger partial charge in [0.1, 0.15) is 6.07 Å². The van der Waals surface area contributed by atoms with Gasteiger partial charge in [-0.2, -0.15) is 5.26 Å². The molecule has 16 heavy (non-hydrogen) atoms. The van der Waals surface area contributed by atoms with Crippen molar-refractivity contribution in [2.45, 2.75) is 12.8 Å². The third kappa shape index (κ3) is 2.67. The Labute approximate surface area is 94.5 Å². The summed E-state index contributed by atoms with van der Waals surface area (Å²) in [5, 5.41) is 12.0. The van der Waals surface area contributed by atoms with Crippen LogP contribution in [0.2, 0.25) is 0 Å². The number of hydrogen-bond acceptors (Lipinski definition) is 5. The van der Waals surface area contributed by atoms with Gasteiger partial charge in [0.05, 0.1) is 0 Å². The lowest BCUT2D eigenvalue weighted by molar-refractivity contribution is 0.185. The second kappa shape index (κ2) is 5.42. The average Bonchev–Trinajstić information content (AvgIpc) is 2.83. The number of aromatic nitrogens is 2. The molecule has 0 spiro atoms. The minimum absolute atomic E-state index is 0.352. The maximum atomic E-state index is 8.82. The molecule has 1 unspecified atom stereocenters. The van der Waals surface area contributed by atoms with Crippen LogP contribution in [-0.4, -0.2) is 29.7 Å². The van der Waals surface area contributed by atoms with Gasteiger partial charge in [0, 0.05) is 32.2 Å². The van der Waals surface area contributed by atoms with Gasteiger partial charge in [-0.15, -0.1) is 0 Å². The number of nitrogens with zero attached hydrogens (tertiary/aromatic N) is 3. The number of anilines is 1. The minimum Gasteiger partial charge on any atom is -0.381 e. The Morgan fingerprint density at radius 2 is 2.38 bits per heavy atom. The molecule has 1 fully saturated rings. The topological polar surface area (TPSA) is 70.8 Å². The third-order valence-corrected chi connectivity index (χ3v) is 2.67. The lowest BCUT2D eigenvalue weighted by atomic mass is 10.1. The van der Waals surface area contributed by atoms with Crippen LogP contribution in [0.25, 0.3) is 0 Å². The largest absolute Gasteiger partial charge is 0.381 e. The normalized spacial score (nSPS) is 19.3. The predicted molar refractivity (Wildman–Crippen MR) is 58.8 cm³/mol. The molecule has 0 saturated carbocycles. The molecule has 5 heteroatoms. The summed E-state index contributed by atoms with van der Waals surface area (Å²) in [5.41, 5.74) is 0.352. The lowest BCUT2D eigenvalue weighted by Crippen LogP contribution is -2.11. The Morgan fingerprint density at radius 3 is 3.12 bits per heavy atom. The van der Waals surface area contributed by atoms with Crippen LogP contribution in [-0.2, 0) is 4.74 Å². The van der Waals surface area contributed by atoms with Crippen molar-refractivity contribution in [3.63, 3.8) is 0 Å². The zero-order valence-electron chi connectivity index (χ0n) is 9.02. The molecular weight excluding hydrogens is 204 g/mol. The third-order valence-electron chi connectivity index (χ3n) is 2.67. The van der Waals surface area contributed by atoms with Crippen LogP contribution in [0.1, 0.15) is 18.5 Å². The predicted octanol–water partition coefficient (Wildman–Crippen LogP) is 1.19. The van der Waals surface area contributed by atoms with Gasteiger partial charge in [0.15, 0.2) is 11.5 Å². The van der Waals surface area contributed by atoms with Crippen LogP contribution in [0.5, 0.6) is 0 Å². The van der Waals surface area contributed by atoms with Crippen molar-refractivity contribution in [3.05, 3.63) is 18.1 Å². The molecule has 5 nitrogen and oxygen atoms in total. The van der Waals surface area contributed by atoms with E-state index in [1.165, 1.54) is 6.20 Å². The van der Waals surface area contributed by atoms with Crippen molar-refractivity contribution in [1.29, 1.82) is 5.26 Å². The van der Waals surface area contributed by atoms with E-state index in [2.05, 4.69) is 15.3 Å². The Bertz CT molecular complexity index is 382. The van der Waals surface area contributed by atoms with E-state index in [-0.39, 0.29) is 0 Å². The maximum Gasteiger partial charge on any atom is 0.182 e. The summed E-state index contributed by atoms with van der Waals surface area (Å²) < 4.78 is 5.30. The standard InChI is InChI=1S/C11H14N4O/c12-7-10-11(15-5-4-13-10)14-3-1-9-2-6-16-8-9/h4-5,9H,1-3,6,8H2,(H,14,15). The van der Waals surface area contributed by atoms with Gasteiger partial charge in [-0.25, -0.2) is 9.97 Å². The van der Waals surface area contributed by atoms with Crippen molar-refractivity contribution in [3.8, 4) is 6.07 Å². The molecule has 1 aliphatic rings. The Hall–Kier alpha value is -1.67. The molecule has 1 atom stereocenters. The zero-order valence-corrected chi connectivity index (χ0v) is 9.02. The molecule has 84 valence electrons. The number of nitriles is 1. The van der Waals surface area contributed by atoms with Gasteiger partial charge in [-0.3, -0.25) is 0 Å². The van der Waals surface area contributed by atoms with E-state index >= 15 is 0 Å². The van der Waals surface area contributed by atoms with E-state index in [1.807, 2.05) is 6.07 Å². The molecule has 1 aromatic heterocycles. The summed E-state index contributed by atoms with van der Waals surface area (Å²) in [6, 6.07) is 2.01. The number of hydrogen-bond donors (Lipinski definition) is 1. The van der Waals surface area contributed by atoms with Crippen LogP contribution < -0.4 is 5.32 Å². The second-order valence-corrected chi connectivity index (χ2v) is 3.81. The highest BCUT2D eigenvalue weighted by Crippen LogP contribution is 2.16. The Kier molecular flexibility index (Phi) is 3.67. The molecule has 0 radical (unpaired) electrons. The van der Waals surface area contributed by atoms with E-state index in [0.29, 0.717) is 17.4 Å². The number of nitrogens with one attached hydrogen (secondary N) is 1. The first-order valence-electron chi connectivity index (χ1n) is 5.43. The highest BCUT2D eigenvalue weighted by Gasteiger charge is 2.15. The lowest BCUT2D eigenvalue weighted by Gasteiger charge is -2.09. The summed E-state index contributed by atoms with van der Waals surface area (Å²) in [5.74, 6) is 1.21. The fourth-order valence-corrected chi connectivity index (χ4v) is 1.75. The first kappa shape index (κ1) is 10.8. The minimum atomic E-state index is 0.352. The van der Waals surface area contributed by atoms with E-state index in [4.69, 9.17) is 10.00 Å². The van der Waals surface area contributed by atoms with Crippen molar-refractivity contribution >= 4 is 5.82 Å². The molecular formula is C11H14N4O. The Balaban J connectivity index is 1.82. The molecule has 0 aromatic carbocycles. The summed E-state index contributed by atoms with van der Waals surface area (Å²) in [7, 11) is 0. The summed E-state index contributed by atoms with van der Waals surface area (Å²) in [6.45, 7) is 2.54. The van der Waals surface area contributed by atoms with Crippen molar-refractivity contribution in [2.75, 3.05) is 25.1 Å². The van der Waals surface area contributed by atoms with E-state index < -0.39 is 0 Å². The van der Waals surface area contributed by atoms with Crippen LogP contribution in [0, 0.1) is 17.2 Å². The SMILES string of the molecule is N#Cc1nccnc1NCCC1CCOC1. The first-order chi connectivity index (χ1) is 7.90. The van der Waals surface area contributed by atoms with Crippen molar-refractivity contribution in [2.24, 2.45) is 5.92 Å². The molecule has 2 rings (SSSR count). The molecule has 0 bridgehead atoms. The van der Waals surface area contributed by atoms with Crippen molar-refractivity contribution in [1.82, 2.24) is 9.97 Å². The van der Waals surface area contributed by atoms with Gasteiger partial charge in [0.25, 0.3) is 0 Å². The average molecular weight is 218 g/mol. The van der Waals surface area contributed by atoms with Crippen molar-refractivity contribution < 1.29 is 4.74 Å².